The number of phenols is 1. The molecule has 1 fully saturated rings. The number of anilines is 1. The Morgan fingerprint density at radius 3 is 2.75 bits per heavy atom. The Balaban J connectivity index is 2.20. The molecule has 0 spiro atoms. The van der Waals surface area contributed by atoms with Crippen LogP contribution in [0, 0.1) is 0 Å². The average molecular weight is 217 g/mol. The maximum Gasteiger partial charge on any atom is 0.117 e. The van der Waals surface area contributed by atoms with E-state index < -0.39 is 0 Å². The van der Waals surface area contributed by atoms with E-state index in [4.69, 9.17) is 0 Å². The first-order chi connectivity index (χ1) is 7.81. The highest BCUT2D eigenvalue weighted by Crippen LogP contribution is 2.29. The summed E-state index contributed by atoms with van der Waals surface area (Å²) in [4.78, 5) is 2.35. The van der Waals surface area contributed by atoms with Gasteiger partial charge in [-0.15, -0.1) is 6.58 Å². The van der Waals surface area contributed by atoms with Gasteiger partial charge in [0.05, 0.1) is 0 Å². The van der Waals surface area contributed by atoms with Gasteiger partial charge in [-0.05, 0) is 25.0 Å². The Hall–Kier alpha value is -1.44. The van der Waals surface area contributed by atoms with Crippen LogP contribution in [0.2, 0.25) is 0 Å². The molecule has 1 aromatic rings. The van der Waals surface area contributed by atoms with Crippen molar-refractivity contribution in [1.29, 1.82) is 0 Å². The lowest BCUT2D eigenvalue weighted by Crippen LogP contribution is -2.33. The number of benzene rings is 1. The van der Waals surface area contributed by atoms with Gasteiger partial charge in [-0.3, -0.25) is 0 Å². The summed E-state index contributed by atoms with van der Waals surface area (Å²) < 4.78 is 0. The first-order valence-corrected chi connectivity index (χ1v) is 5.98. The molecule has 0 saturated heterocycles. The van der Waals surface area contributed by atoms with E-state index in [1.165, 1.54) is 25.7 Å². The summed E-state index contributed by atoms with van der Waals surface area (Å²) in [5.41, 5.74) is 1.10. The topological polar surface area (TPSA) is 23.5 Å². The standard InChI is InChI=1S/C14H19NO/c1-2-10-15(12-6-3-4-7-12)13-8-5-9-14(16)11-13/h2,5,8-9,11-12,16H,1,3-4,6-7,10H2. The van der Waals surface area contributed by atoms with Gasteiger partial charge in [0.25, 0.3) is 0 Å². The molecule has 0 radical (unpaired) electrons. The van der Waals surface area contributed by atoms with Crippen LogP contribution in [0.1, 0.15) is 25.7 Å². The minimum absolute atomic E-state index is 0.338. The van der Waals surface area contributed by atoms with Crippen LogP contribution in [-0.4, -0.2) is 17.7 Å². The van der Waals surface area contributed by atoms with Crippen LogP contribution < -0.4 is 4.90 Å². The maximum absolute atomic E-state index is 9.52. The lowest BCUT2D eigenvalue weighted by atomic mass is 10.1. The smallest absolute Gasteiger partial charge is 0.117 e. The van der Waals surface area contributed by atoms with Crippen LogP contribution in [0.4, 0.5) is 5.69 Å². The summed E-state index contributed by atoms with van der Waals surface area (Å²) in [7, 11) is 0. The van der Waals surface area contributed by atoms with Crippen molar-refractivity contribution in [2.45, 2.75) is 31.7 Å². The number of hydrogen-bond donors (Lipinski definition) is 1. The minimum Gasteiger partial charge on any atom is -0.508 e. The van der Waals surface area contributed by atoms with Gasteiger partial charge in [0, 0.05) is 24.3 Å². The molecule has 2 nitrogen and oxygen atoms in total. The van der Waals surface area contributed by atoms with Crippen molar-refractivity contribution in [3.05, 3.63) is 36.9 Å². The highest BCUT2D eigenvalue weighted by atomic mass is 16.3. The third-order valence-electron chi connectivity index (χ3n) is 3.25. The van der Waals surface area contributed by atoms with E-state index in [2.05, 4.69) is 17.5 Å². The molecular weight excluding hydrogens is 198 g/mol. The molecular formula is C14H19NO. The summed E-state index contributed by atoms with van der Waals surface area (Å²) in [6, 6.07) is 8.11. The Morgan fingerprint density at radius 2 is 2.12 bits per heavy atom. The summed E-state index contributed by atoms with van der Waals surface area (Å²) >= 11 is 0. The van der Waals surface area contributed by atoms with Crippen molar-refractivity contribution in [1.82, 2.24) is 0 Å². The molecule has 86 valence electrons. The van der Waals surface area contributed by atoms with Crippen molar-refractivity contribution in [2.24, 2.45) is 0 Å². The summed E-state index contributed by atoms with van der Waals surface area (Å²) in [6.07, 6.45) is 7.07. The van der Waals surface area contributed by atoms with Crippen molar-refractivity contribution in [3.8, 4) is 5.75 Å². The molecule has 1 aliphatic carbocycles. The Morgan fingerprint density at radius 1 is 1.38 bits per heavy atom. The Bertz CT molecular complexity index is 356. The normalized spacial score (nSPS) is 16.2. The fraction of sp³-hybridized carbons (Fsp3) is 0.429. The zero-order valence-electron chi connectivity index (χ0n) is 9.60. The van der Waals surface area contributed by atoms with Gasteiger partial charge >= 0.3 is 0 Å². The molecule has 0 aliphatic heterocycles. The molecule has 1 saturated carbocycles. The molecule has 0 aromatic heterocycles. The second kappa shape index (κ2) is 5.06. The lowest BCUT2D eigenvalue weighted by molar-refractivity contribution is 0.475. The first kappa shape index (κ1) is 11.1. The minimum atomic E-state index is 0.338. The van der Waals surface area contributed by atoms with E-state index in [1.807, 2.05) is 18.2 Å². The molecule has 0 unspecified atom stereocenters. The zero-order chi connectivity index (χ0) is 11.4. The zero-order valence-corrected chi connectivity index (χ0v) is 9.60. The van der Waals surface area contributed by atoms with Gasteiger partial charge in [-0.1, -0.05) is 25.0 Å². The van der Waals surface area contributed by atoms with E-state index in [-0.39, 0.29) is 0 Å². The van der Waals surface area contributed by atoms with Crippen LogP contribution in [0.5, 0.6) is 5.75 Å². The summed E-state index contributed by atoms with van der Waals surface area (Å²) in [5, 5.41) is 9.52. The van der Waals surface area contributed by atoms with Gasteiger partial charge in [-0.2, -0.15) is 0 Å². The number of hydrogen-bond acceptors (Lipinski definition) is 2. The Kier molecular flexibility index (Phi) is 3.50. The SMILES string of the molecule is C=CCN(c1cccc(O)c1)C1CCCC1. The highest BCUT2D eigenvalue weighted by Gasteiger charge is 2.21. The third-order valence-corrected chi connectivity index (χ3v) is 3.25. The van der Waals surface area contributed by atoms with Crippen molar-refractivity contribution in [3.63, 3.8) is 0 Å². The number of rotatable bonds is 4. The second-order valence-electron chi connectivity index (χ2n) is 4.40. The van der Waals surface area contributed by atoms with Crippen LogP contribution >= 0.6 is 0 Å². The van der Waals surface area contributed by atoms with Crippen LogP contribution in [0.25, 0.3) is 0 Å². The molecule has 2 heteroatoms. The molecule has 0 heterocycles. The molecule has 1 aliphatic rings. The van der Waals surface area contributed by atoms with Gasteiger partial charge < -0.3 is 10.0 Å². The highest BCUT2D eigenvalue weighted by molar-refractivity contribution is 5.51. The largest absolute Gasteiger partial charge is 0.508 e. The molecule has 0 bridgehead atoms. The molecule has 16 heavy (non-hydrogen) atoms. The summed E-state index contributed by atoms with van der Waals surface area (Å²) in [5.74, 6) is 0.338. The monoisotopic (exact) mass is 217 g/mol. The molecule has 0 atom stereocenters. The van der Waals surface area contributed by atoms with Gasteiger partial charge in [0.15, 0.2) is 0 Å². The van der Waals surface area contributed by atoms with E-state index in [1.54, 1.807) is 6.07 Å². The van der Waals surface area contributed by atoms with Crippen LogP contribution in [0.3, 0.4) is 0 Å². The molecule has 1 aromatic carbocycles. The van der Waals surface area contributed by atoms with Crippen LogP contribution in [0.15, 0.2) is 36.9 Å². The summed E-state index contributed by atoms with van der Waals surface area (Å²) in [6.45, 7) is 4.67. The van der Waals surface area contributed by atoms with E-state index in [0.29, 0.717) is 11.8 Å². The van der Waals surface area contributed by atoms with Gasteiger partial charge in [0.2, 0.25) is 0 Å². The predicted molar refractivity (Wildman–Crippen MR) is 67.9 cm³/mol. The number of aromatic hydroxyl groups is 1. The average Bonchev–Trinajstić information content (AvgIpc) is 2.79. The second-order valence-corrected chi connectivity index (χ2v) is 4.40. The molecule has 0 amide bonds. The molecule has 1 N–H and O–H groups in total. The fourth-order valence-corrected chi connectivity index (χ4v) is 2.49. The van der Waals surface area contributed by atoms with Crippen LogP contribution in [-0.2, 0) is 0 Å². The fourth-order valence-electron chi connectivity index (χ4n) is 2.49. The number of phenolic OH excluding ortho intramolecular Hbond substituents is 1. The van der Waals surface area contributed by atoms with E-state index in [9.17, 15) is 5.11 Å². The number of nitrogens with zero attached hydrogens (tertiary/aromatic N) is 1. The van der Waals surface area contributed by atoms with Crippen molar-refractivity contribution in [2.75, 3.05) is 11.4 Å². The van der Waals surface area contributed by atoms with E-state index in [0.717, 1.165) is 12.2 Å². The Labute approximate surface area is 97.2 Å². The van der Waals surface area contributed by atoms with Gasteiger partial charge in [0.1, 0.15) is 5.75 Å². The van der Waals surface area contributed by atoms with Crippen molar-refractivity contribution >= 4 is 5.69 Å². The van der Waals surface area contributed by atoms with Crippen molar-refractivity contribution < 1.29 is 5.11 Å². The lowest BCUT2D eigenvalue weighted by Gasteiger charge is -2.30. The first-order valence-electron chi connectivity index (χ1n) is 5.98. The van der Waals surface area contributed by atoms with Gasteiger partial charge in [-0.25, -0.2) is 0 Å². The third kappa shape index (κ3) is 2.38. The quantitative estimate of drug-likeness (QED) is 0.782. The molecule has 2 rings (SSSR count). The van der Waals surface area contributed by atoms with E-state index >= 15 is 0 Å². The maximum atomic E-state index is 9.52. The predicted octanol–water partition coefficient (Wildman–Crippen LogP) is 3.33.